The van der Waals surface area contributed by atoms with Crippen molar-refractivity contribution in [2.45, 2.75) is 30.4 Å². The maximum atomic E-state index is 12.1. The van der Waals surface area contributed by atoms with Crippen LogP contribution in [0.25, 0.3) is 0 Å². The largest absolute Gasteiger partial charge is 0.345 e. The first-order valence-electron chi connectivity index (χ1n) is 8.13. The summed E-state index contributed by atoms with van der Waals surface area (Å²) in [4.78, 5) is 12.2. The molecule has 1 N–H and O–H groups in total. The molecule has 0 spiro atoms. The quantitative estimate of drug-likeness (QED) is 0.798. The number of halogens is 1. The Bertz CT molecular complexity index is 939. The summed E-state index contributed by atoms with van der Waals surface area (Å²) in [5, 5.41) is 2.80. The Hall–Kier alpha value is -2.29. The van der Waals surface area contributed by atoms with Gasteiger partial charge in [0.1, 0.15) is 0 Å². The predicted molar refractivity (Wildman–Crippen MR) is 104 cm³/mol. The van der Waals surface area contributed by atoms with E-state index in [9.17, 15) is 13.2 Å². The standard InChI is InChI=1S/C20H20ClNO3S/c1-15(2)26(24,25)18-11-9-16(10-12-18)14-20(23)22-13-5-7-17-6-3-4-8-19(17)21/h3-4,6,8-12,15H,13-14H2,1-2H3,(H,22,23). The lowest BCUT2D eigenvalue weighted by atomic mass is 10.1. The van der Waals surface area contributed by atoms with E-state index in [-0.39, 0.29) is 23.8 Å². The molecule has 2 aromatic rings. The molecule has 136 valence electrons. The minimum absolute atomic E-state index is 0.162. The Kier molecular flexibility index (Phi) is 6.84. The van der Waals surface area contributed by atoms with Crippen LogP contribution in [0.2, 0.25) is 5.02 Å². The number of rotatable bonds is 5. The fourth-order valence-electron chi connectivity index (χ4n) is 2.16. The molecular formula is C20H20ClNO3S. The lowest BCUT2D eigenvalue weighted by Crippen LogP contribution is -2.25. The van der Waals surface area contributed by atoms with Crippen molar-refractivity contribution < 1.29 is 13.2 Å². The van der Waals surface area contributed by atoms with Crippen LogP contribution in [0.4, 0.5) is 0 Å². The topological polar surface area (TPSA) is 63.2 Å². The molecule has 6 heteroatoms. The van der Waals surface area contributed by atoms with Gasteiger partial charge < -0.3 is 5.32 Å². The molecule has 1 amide bonds. The molecule has 0 unspecified atom stereocenters. The van der Waals surface area contributed by atoms with Crippen LogP contribution in [0.5, 0.6) is 0 Å². The zero-order valence-electron chi connectivity index (χ0n) is 14.6. The molecule has 0 aliphatic carbocycles. The van der Waals surface area contributed by atoms with Gasteiger partial charge in [0.2, 0.25) is 5.91 Å². The highest BCUT2D eigenvalue weighted by molar-refractivity contribution is 7.92. The first-order valence-corrected chi connectivity index (χ1v) is 10.1. The van der Waals surface area contributed by atoms with Crippen molar-refractivity contribution in [3.63, 3.8) is 0 Å². The van der Waals surface area contributed by atoms with E-state index in [0.29, 0.717) is 10.6 Å². The summed E-state index contributed by atoms with van der Waals surface area (Å²) < 4.78 is 24.2. The molecule has 0 fully saturated rings. The minimum Gasteiger partial charge on any atom is -0.345 e. The van der Waals surface area contributed by atoms with Gasteiger partial charge in [-0.25, -0.2) is 8.42 Å². The number of benzene rings is 2. The Balaban J connectivity index is 1.90. The van der Waals surface area contributed by atoms with Crippen molar-refractivity contribution in [1.82, 2.24) is 5.32 Å². The van der Waals surface area contributed by atoms with Crippen molar-refractivity contribution >= 4 is 27.3 Å². The number of carbonyl (C=O) groups is 1. The third kappa shape index (κ3) is 5.35. The summed E-state index contributed by atoms with van der Waals surface area (Å²) >= 11 is 6.00. The predicted octanol–water partition coefficient (Wildman–Crippen LogP) is 3.23. The molecule has 2 aromatic carbocycles. The normalized spacial score (nSPS) is 10.9. The van der Waals surface area contributed by atoms with E-state index >= 15 is 0 Å². The van der Waals surface area contributed by atoms with Gasteiger partial charge in [-0.2, -0.15) is 0 Å². The van der Waals surface area contributed by atoms with Gasteiger partial charge in [-0.1, -0.05) is 47.7 Å². The summed E-state index contributed by atoms with van der Waals surface area (Å²) in [5.74, 6) is 5.58. The highest BCUT2D eigenvalue weighted by atomic mass is 35.5. The Morgan fingerprint density at radius 2 is 1.77 bits per heavy atom. The van der Waals surface area contributed by atoms with E-state index in [1.165, 1.54) is 12.1 Å². The lowest BCUT2D eigenvalue weighted by molar-refractivity contribution is -0.120. The molecule has 0 aliphatic heterocycles. The smallest absolute Gasteiger partial charge is 0.225 e. The van der Waals surface area contributed by atoms with E-state index in [4.69, 9.17) is 11.6 Å². The highest BCUT2D eigenvalue weighted by Crippen LogP contribution is 2.16. The zero-order valence-corrected chi connectivity index (χ0v) is 16.2. The number of amides is 1. The van der Waals surface area contributed by atoms with Gasteiger partial charge in [0.25, 0.3) is 0 Å². The minimum atomic E-state index is -3.30. The molecule has 0 heterocycles. The Labute approximate surface area is 159 Å². The van der Waals surface area contributed by atoms with Gasteiger partial charge in [-0.15, -0.1) is 0 Å². The first-order chi connectivity index (χ1) is 12.3. The molecule has 4 nitrogen and oxygen atoms in total. The Morgan fingerprint density at radius 3 is 2.38 bits per heavy atom. The zero-order chi connectivity index (χ0) is 19.2. The van der Waals surface area contributed by atoms with Crippen molar-refractivity contribution in [1.29, 1.82) is 0 Å². The van der Waals surface area contributed by atoms with Crippen LogP contribution < -0.4 is 5.32 Å². The molecule has 0 aliphatic rings. The van der Waals surface area contributed by atoms with Crippen molar-refractivity contribution in [3.05, 3.63) is 64.7 Å². The second-order valence-corrected chi connectivity index (χ2v) is 8.88. The summed E-state index contributed by atoms with van der Waals surface area (Å²) in [7, 11) is -3.30. The van der Waals surface area contributed by atoms with Crippen LogP contribution in [0.1, 0.15) is 25.0 Å². The van der Waals surface area contributed by atoms with Gasteiger partial charge in [-0.05, 0) is 43.7 Å². The van der Waals surface area contributed by atoms with Crippen molar-refractivity contribution in [2.24, 2.45) is 0 Å². The fourth-order valence-corrected chi connectivity index (χ4v) is 3.40. The van der Waals surface area contributed by atoms with E-state index in [1.54, 1.807) is 32.0 Å². The number of hydrogen-bond acceptors (Lipinski definition) is 3. The molecule has 26 heavy (non-hydrogen) atoms. The van der Waals surface area contributed by atoms with Crippen LogP contribution in [0, 0.1) is 11.8 Å². The third-order valence-corrected chi connectivity index (χ3v) is 6.21. The maximum absolute atomic E-state index is 12.1. The SMILES string of the molecule is CC(C)S(=O)(=O)c1ccc(CC(=O)NCC#Cc2ccccc2Cl)cc1. The number of carbonyl (C=O) groups excluding carboxylic acids is 1. The van der Waals surface area contributed by atoms with Crippen LogP contribution in [0.3, 0.4) is 0 Å². The van der Waals surface area contributed by atoms with E-state index in [2.05, 4.69) is 17.2 Å². The third-order valence-electron chi connectivity index (χ3n) is 3.71. The van der Waals surface area contributed by atoms with Gasteiger partial charge in [0, 0.05) is 5.56 Å². The molecular weight excluding hydrogens is 370 g/mol. The second-order valence-electron chi connectivity index (χ2n) is 5.97. The number of hydrogen-bond donors (Lipinski definition) is 1. The first kappa shape index (κ1) is 20.0. The van der Waals surface area contributed by atoms with Gasteiger partial charge in [0.05, 0.1) is 28.1 Å². The van der Waals surface area contributed by atoms with Crippen molar-refractivity contribution in [2.75, 3.05) is 6.54 Å². The van der Waals surface area contributed by atoms with Gasteiger partial charge in [0.15, 0.2) is 9.84 Å². The fraction of sp³-hybridized carbons (Fsp3) is 0.250. The molecule has 0 aromatic heterocycles. The molecule has 0 radical (unpaired) electrons. The summed E-state index contributed by atoms with van der Waals surface area (Å²) in [5.41, 5.74) is 1.45. The molecule has 0 saturated carbocycles. The number of nitrogens with one attached hydrogen (secondary N) is 1. The van der Waals surface area contributed by atoms with E-state index < -0.39 is 15.1 Å². The van der Waals surface area contributed by atoms with Gasteiger partial charge >= 0.3 is 0 Å². The molecule has 0 bridgehead atoms. The average molecular weight is 390 g/mol. The molecule has 0 atom stereocenters. The van der Waals surface area contributed by atoms with E-state index in [1.807, 2.05) is 18.2 Å². The summed E-state index contributed by atoms with van der Waals surface area (Å²) in [6.07, 6.45) is 0.162. The monoisotopic (exact) mass is 389 g/mol. The van der Waals surface area contributed by atoms with Crippen LogP contribution in [-0.4, -0.2) is 26.1 Å². The molecule has 2 rings (SSSR count). The van der Waals surface area contributed by atoms with Crippen LogP contribution >= 0.6 is 11.6 Å². The highest BCUT2D eigenvalue weighted by Gasteiger charge is 2.18. The summed E-state index contributed by atoms with van der Waals surface area (Å²) in [6.45, 7) is 3.49. The second kappa shape index (κ2) is 8.88. The lowest BCUT2D eigenvalue weighted by Gasteiger charge is -2.08. The maximum Gasteiger partial charge on any atom is 0.225 e. The van der Waals surface area contributed by atoms with Crippen LogP contribution in [-0.2, 0) is 21.1 Å². The van der Waals surface area contributed by atoms with E-state index in [0.717, 1.165) is 5.56 Å². The number of sulfone groups is 1. The Morgan fingerprint density at radius 1 is 1.12 bits per heavy atom. The average Bonchev–Trinajstić information content (AvgIpc) is 2.60. The summed E-state index contributed by atoms with van der Waals surface area (Å²) in [6, 6.07) is 13.6. The molecule has 0 saturated heterocycles. The van der Waals surface area contributed by atoms with Crippen molar-refractivity contribution in [3.8, 4) is 11.8 Å². The van der Waals surface area contributed by atoms with Gasteiger partial charge in [-0.3, -0.25) is 4.79 Å². The van der Waals surface area contributed by atoms with Crippen LogP contribution in [0.15, 0.2) is 53.4 Å².